The number of carbonyl (C=O) groups is 1. The Morgan fingerprint density at radius 2 is 2.04 bits per heavy atom. The Bertz CT molecular complexity index is 874. The van der Waals surface area contributed by atoms with E-state index in [1.807, 2.05) is 0 Å². The minimum atomic E-state index is -0.458. The largest absolute Gasteiger partial charge is 0.485 e. The van der Waals surface area contributed by atoms with Gasteiger partial charge < -0.3 is 14.0 Å². The van der Waals surface area contributed by atoms with Crippen LogP contribution in [0.5, 0.6) is 5.75 Å². The number of aryl methyl sites for hydroxylation is 2. The second-order valence-corrected chi connectivity index (χ2v) is 5.79. The molecule has 0 saturated heterocycles. The van der Waals surface area contributed by atoms with E-state index in [0.29, 0.717) is 35.4 Å². The zero-order valence-electron chi connectivity index (χ0n) is 15.2. The van der Waals surface area contributed by atoms with Crippen LogP contribution in [0.4, 0.5) is 0 Å². The molecule has 0 radical (unpaired) electrons. The summed E-state index contributed by atoms with van der Waals surface area (Å²) in [4.78, 5) is 16.2. The van der Waals surface area contributed by atoms with E-state index in [1.54, 1.807) is 35.9 Å². The monoisotopic (exact) mass is 372 g/mol. The van der Waals surface area contributed by atoms with Gasteiger partial charge in [0.05, 0.1) is 5.56 Å². The number of rotatable bonds is 9. The van der Waals surface area contributed by atoms with Crippen LogP contribution in [0, 0.1) is 6.92 Å². The predicted octanol–water partition coefficient (Wildman–Crippen LogP) is 2.10. The third-order valence-electron chi connectivity index (χ3n) is 3.69. The van der Waals surface area contributed by atoms with Gasteiger partial charge in [-0.1, -0.05) is 18.5 Å². The Labute approximate surface area is 155 Å². The molecule has 2 aromatic heterocycles. The van der Waals surface area contributed by atoms with Crippen molar-refractivity contribution in [3.05, 3.63) is 47.4 Å². The fourth-order valence-electron chi connectivity index (χ4n) is 2.26. The standard InChI is InChI=1S/C17H20N6O4/c1-3-4-9-23-16(19-21-22-23)11-26-17(24)13-5-7-14(8-6-13)25-10-15-18-12(2)27-20-15/h5-8H,3-4,9-11H2,1-2H3. The van der Waals surface area contributed by atoms with Crippen LogP contribution in [0.3, 0.4) is 0 Å². The number of benzene rings is 1. The molecular formula is C17H20N6O4. The topological polar surface area (TPSA) is 118 Å². The van der Waals surface area contributed by atoms with E-state index in [0.717, 1.165) is 12.8 Å². The van der Waals surface area contributed by atoms with Gasteiger partial charge >= 0.3 is 5.97 Å². The average Bonchev–Trinajstić information content (AvgIpc) is 3.31. The molecule has 0 amide bonds. The molecular weight excluding hydrogens is 352 g/mol. The first-order chi connectivity index (χ1) is 13.2. The third kappa shape index (κ3) is 5.09. The summed E-state index contributed by atoms with van der Waals surface area (Å²) in [6.07, 6.45) is 1.98. The molecule has 10 nitrogen and oxygen atoms in total. The molecule has 0 bridgehead atoms. The molecule has 0 unspecified atom stereocenters. The van der Waals surface area contributed by atoms with Crippen molar-refractivity contribution < 1.29 is 18.8 Å². The Morgan fingerprint density at radius 1 is 1.22 bits per heavy atom. The van der Waals surface area contributed by atoms with Gasteiger partial charge in [-0.2, -0.15) is 4.98 Å². The molecule has 3 rings (SSSR count). The fraction of sp³-hybridized carbons (Fsp3) is 0.412. The van der Waals surface area contributed by atoms with Gasteiger partial charge in [-0.05, 0) is 41.1 Å². The van der Waals surface area contributed by atoms with E-state index in [2.05, 4.69) is 32.6 Å². The number of esters is 1. The highest BCUT2D eigenvalue weighted by atomic mass is 16.5. The third-order valence-corrected chi connectivity index (χ3v) is 3.69. The zero-order valence-corrected chi connectivity index (χ0v) is 15.2. The minimum Gasteiger partial charge on any atom is -0.485 e. The van der Waals surface area contributed by atoms with Crippen molar-refractivity contribution in [1.82, 2.24) is 30.3 Å². The van der Waals surface area contributed by atoms with Crippen molar-refractivity contribution >= 4 is 5.97 Å². The summed E-state index contributed by atoms with van der Waals surface area (Å²) in [5, 5.41) is 15.2. The number of aromatic nitrogens is 6. The van der Waals surface area contributed by atoms with E-state index in [1.165, 1.54) is 0 Å². The summed E-state index contributed by atoms with van der Waals surface area (Å²) in [7, 11) is 0. The number of tetrazole rings is 1. The van der Waals surface area contributed by atoms with Gasteiger partial charge in [0.15, 0.2) is 19.0 Å². The number of hydrogen-bond acceptors (Lipinski definition) is 9. The van der Waals surface area contributed by atoms with Crippen LogP contribution in [-0.2, 0) is 24.5 Å². The van der Waals surface area contributed by atoms with E-state index in [4.69, 9.17) is 14.0 Å². The lowest BCUT2D eigenvalue weighted by molar-refractivity contribution is 0.0456. The quantitative estimate of drug-likeness (QED) is 0.520. The van der Waals surface area contributed by atoms with Gasteiger partial charge in [-0.25, -0.2) is 9.48 Å². The fourth-order valence-corrected chi connectivity index (χ4v) is 2.26. The second kappa shape index (κ2) is 8.88. The summed E-state index contributed by atoms with van der Waals surface area (Å²) >= 11 is 0. The molecule has 0 atom stereocenters. The first-order valence-corrected chi connectivity index (χ1v) is 8.60. The van der Waals surface area contributed by atoms with Crippen LogP contribution >= 0.6 is 0 Å². The van der Waals surface area contributed by atoms with Crippen LogP contribution in [-0.4, -0.2) is 36.3 Å². The maximum Gasteiger partial charge on any atom is 0.338 e. The SMILES string of the molecule is CCCCn1nnnc1COC(=O)c1ccc(OCc2noc(C)n2)cc1. The van der Waals surface area contributed by atoms with Gasteiger partial charge in [-0.15, -0.1) is 5.10 Å². The number of unbranched alkanes of at least 4 members (excludes halogenated alkanes) is 1. The van der Waals surface area contributed by atoms with Gasteiger partial charge in [0, 0.05) is 13.5 Å². The maximum atomic E-state index is 12.2. The molecule has 142 valence electrons. The molecule has 2 heterocycles. The second-order valence-electron chi connectivity index (χ2n) is 5.79. The zero-order chi connectivity index (χ0) is 19.1. The molecule has 0 aliphatic rings. The number of carbonyl (C=O) groups excluding carboxylic acids is 1. The van der Waals surface area contributed by atoms with Crippen molar-refractivity contribution in [3.8, 4) is 5.75 Å². The number of nitrogens with zero attached hydrogens (tertiary/aromatic N) is 6. The molecule has 0 aliphatic carbocycles. The lowest BCUT2D eigenvalue weighted by Gasteiger charge is -2.07. The normalized spacial score (nSPS) is 10.7. The van der Waals surface area contributed by atoms with Crippen molar-refractivity contribution in [3.63, 3.8) is 0 Å². The van der Waals surface area contributed by atoms with Gasteiger partial charge in [0.25, 0.3) is 0 Å². The molecule has 27 heavy (non-hydrogen) atoms. The van der Waals surface area contributed by atoms with Crippen LogP contribution in [0.1, 0.15) is 47.7 Å². The molecule has 0 N–H and O–H groups in total. The summed E-state index contributed by atoms with van der Waals surface area (Å²) in [5.41, 5.74) is 0.408. The van der Waals surface area contributed by atoms with E-state index in [9.17, 15) is 4.79 Å². The van der Waals surface area contributed by atoms with Crippen molar-refractivity contribution in [2.24, 2.45) is 0 Å². The smallest absolute Gasteiger partial charge is 0.338 e. The van der Waals surface area contributed by atoms with Gasteiger partial charge in [0.1, 0.15) is 5.75 Å². The highest BCUT2D eigenvalue weighted by Gasteiger charge is 2.12. The van der Waals surface area contributed by atoms with E-state index in [-0.39, 0.29) is 13.2 Å². The Morgan fingerprint density at radius 3 is 2.74 bits per heavy atom. The minimum absolute atomic E-state index is 0.0188. The lowest BCUT2D eigenvalue weighted by Crippen LogP contribution is -2.11. The van der Waals surface area contributed by atoms with E-state index >= 15 is 0 Å². The lowest BCUT2D eigenvalue weighted by atomic mass is 10.2. The molecule has 3 aromatic rings. The number of ether oxygens (including phenoxy) is 2. The Balaban J connectivity index is 1.51. The van der Waals surface area contributed by atoms with E-state index < -0.39 is 5.97 Å². The van der Waals surface area contributed by atoms with Crippen LogP contribution < -0.4 is 4.74 Å². The average molecular weight is 372 g/mol. The molecule has 0 spiro atoms. The molecule has 0 aliphatic heterocycles. The Hall–Kier alpha value is -3.30. The summed E-state index contributed by atoms with van der Waals surface area (Å²) in [6, 6.07) is 6.60. The summed E-state index contributed by atoms with van der Waals surface area (Å²) in [6.45, 7) is 4.69. The van der Waals surface area contributed by atoms with Crippen LogP contribution in [0.15, 0.2) is 28.8 Å². The highest BCUT2D eigenvalue weighted by molar-refractivity contribution is 5.89. The molecule has 0 saturated carbocycles. The molecule has 10 heteroatoms. The first-order valence-electron chi connectivity index (χ1n) is 8.60. The highest BCUT2D eigenvalue weighted by Crippen LogP contribution is 2.15. The van der Waals surface area contributed by atoms with Crippen LogP contribution in [0.25, 0.3) is 0 Å². The Kier molecular flexibility index (Phi) is 6.08. The molecule has 1 aromatic carbocycles. The summed E-state index contributed by atoms with van der Waals surface area (Å²) < 4.78 is 17.4. The van der Waals surface area contributed by atoms with Crippen molar-refractivity contribution in [1.29, 1.82) is 0 Å². The number of hydrogen-bond donors (Lipinski definition) is 0. The molecule has 0 fully saturated rings. The van der Waals surface area contributed by atoms with Gasteiger partial charge in [0.2, 0.25) is 11.7 Å². The summed E-state index contributed by atoms with van der Waals surface area (Å²) in [5.74, 6) is 1.58. The maximum absolute atomic E-state index is 12.2. The van der Waals surface area contributed by atoms with Gasteiger partial charge in [-0.3, -0.25) is 0 Å². The first kappa shape index (κ1) is 18.5. The van der Waals surface area contributed by atoms with Crippen molar-refractivity contribution in [2.75, 3.05) is 0 Å². The van der Waals surface area contributed by atoms with Crippen molar-refractivity contribution in [2.45, 2.75) is 46.4 Å². The van der Waals surface area contributed by atoms with Crippen LogP contribution in [0.2, 0.25) is 0 Å². The predicted molar refractivity (Wildman–Crippen MR) is 91.7 cm³/mol.